The molecule has 1 aromatic heterocycles. The Morgan fingerprint density at radius 2 is 1.72 bits per heavy atom. The van der Waals surface area contributed by atoms with Gasteiger partial charge in [0.25, 0.3) is 0 Å². The molecule has 0 saturated carbocycles. The van der Waals surface area contributed by atoms with Crippen LogP contribution in [0.4, 0.5) is 0 Å². The smallest absolute Gasteiger partial charge is 0.250 e. The molecule has 3 rings (SSSR count). The van der Waals surface area contributed by atoms with Crippen LogP contribution in [0.5, 0.6) is 0 Å². The van der Waals surface area contributed by atoms with Crippen molar-refractivity contribution in [1.29, 1.82) is 0 Å². The Hall–Kier alpha value is -1.78. The molecule has 4 heteroatoms. The van der Waals surface area contributed by atoms with Crippen LogP contribution in [0.3, 0.4) is 0 Å². The van der Waals surface area contributed by atoms with Crippen LogP contribution in [0.1, 0.15) is 75.9 Å². The van der Waals surface area contributed by atoms with Crippen LogP contribution >= 0.6 is 0 Å². The fraction of sp³-hybridized carbons (Fsp3) is 0.520. The number of benzene rings is 1. The Labute approximate surface area is 176 Å². The van der Waals surface area contributed by atoms with E-state index in [-0.39, 0.29) is 17.6 Å². The lowest BCUT2D eigenvalue weighted by Crippen LogP contribution is -2.40. The van der Waals surface area contributed by atoms with E-state index in [2.05, 4.69) is 58.1 Å². The summed E-state index contributed by atoms with van der Waals surface area (Å²) in [5, 5.41) is 9.77. The zero-order chi connectivity index (χ0) is 21.1. The van der Waals surface area contributed by atoms with Crippen LogP contribution in [0.15, 0.2) is 52.6 Å². The fourth-order valence-electron chi connectivity index (χ4n) is 3.70. The average molecular weight is 413 g/mol. The van der Waals surface area contributed by atoms with Gasteiger partial charge < -0.3 is 13.9 Å². The maximum Gasteiger partial charge on any atom is 0.250 e. The van der Waals surface area contributed by atoms with E-state index in [9.17, 15) is 5.11 Å². The van der Waals surface area contributed by atoms with Crippen LogP contribution in [-0.2, 0) is 4.43 Å². The first-order valence-electron chi connectivity index (χ1n) is 10.9. The van der Waals surface area contributed by atoms with E-state index in [1.165, 1.54) is 24.0 Å². The van der Waals surface area contributed by atoms with Crippen molar-refractivity contribution in [3.63, 3.8) is 0 Å². The zero-order valence-electron chi connectivity index (χ0n) is 18.6. The van der Waals surface area contributed by atoms with Crippen molar-refractivity contribution in [3.8, 4) is 0 Å². The van der Waals surface area contributed by atoms with Gasteiger partial charge in [-0.05, 0) is 61.5 Å². The Morgan fingerprint density at radius 3 is 2.38 bits per heavy atom. The lowest BCUT2D eigenvalue weighted by molar-refractivity contribution is 0.275. The number of allylic oxidation sites excluding steroid dienone is 2. The summed E-state index contributed by atoms with van der Waals surface area (Å²) in [7, 11) is -1.88. The summed E-state index contributed by atoms with van der Waals surface area (Å²) in [6.45, 7) is 11.6. The first-order chi connectivity index (χ1) is 13.7. The molecule has 0 spiro atoms. The van der Waals surface area contributed by atoms with E-state index < -0.39 is 8.32 Å². The number of rotatable bonds is 7. The Bertz CT molecular complexity index is 827. The molecule has 1 aliphatic carbocycles. The first-order valence-corrected chi connectivity index (χ1v) is 13.8. The molecule has 0 aliphatic heterocycles. The zero-order valence-corrected chi connectivity index (χ0v) is 19.6. The number of aliphatic hydroxyl groups is 1. The topological polar surface area (TPSA) is 42.6 Å². The second-order valence-electron chi connectivity index (χ2n) is 9.65. The molecule has 0 bridgehead atoms. The molecule has 3 nitrogen and oxygen atoms in total. The molecular formula is C25H36O3Si. The van der Waals surface area contributed by atoms with Crippen LogP contribution in [-0.4, -0.2) is 20.0 Å². The third-order valence-corrected chi connectivity index (χ3v) is 10.9. The second kappa shape index (κ2) is 8.93. The van der Waals surface area contributed by atoms with E-state index in [0.29, 0.717) is 6.42 Å². The van der Waals surface area contributed by atoms with Crippen molar-refractivity contribution in [3.05, 3.63) is 65.3 Å². The second-order valence-corrected chi connectivity index (χ2v) is 14.4. The van der Waals surface area contributed by atoms with Gasteiger partial charge in [0.1, 0.15) is 11.5 Å². The Balaban J connectivity index is 1.93. The highest BCUT2D eigenvalue weighted by atomic mass is 28.4. The predicted molar refractivity (Wildman–Crippen MR) is 122 cm³/mol. The molecule has 1 heterocycles. The minimum atomic E-state index is -1.88. The summed E-state index contributed by atoms with van der Waals surface area (Å²) in [4.78, 5) is 0. The summed E-state index contributed by atoms with van der Waals surface area (Å²) in [5.41, 5.74) is 2.42. The lowest BCUT2D eigenvalue weighted by atomic mass is 9.94. The highest BCUT2D eigenvalue weighted by molar-refractivity contribution is 6.74. The molecule has 0 radical (unpaired) electrons. The Morgan fingerprint density at radius 1 is 1.03 bits per heavy atom. The molecule has 0 fully saturated rings. The lowest BCUT2D eigenvalue weighted by Gasteiger charge is -2.38. The van der Waals surface area contributed by atoms with E-state index in [1.54, 1.807) is 0 Å². The van der Waals surface area contributed by atoms with Gasteiger partial charge in [-0.2, -0.15) is 0 Å². The van der Waals surface area contributed by atoms with Crippen molar-refractivity contribution in [1.82, 2.24) is 0 Å². The third kappa shape index (κ3) is 5.04. The molecule has 2 aromatic rings. The van der Waals surface area contributed by atoms with Crippen LogP contribution < -0.4 is 0 Å². The van der Waals surface area contributed by atoms with Crippen molar-refractivity contribution in [2.24, 2.45) is 0 Å². The molecule has 158 valence electrons. The number of hydrogen-bond donors (Lipinski definition) is 1. The average Bonchev–Trinajstić information content (AvgIpc) is 3.15. The molecule has 29 heavy (non-hydrogen) atoms. The predicted octanol–water partition coefficient (Wildman–Crippen LogP) is 7.10. The van der Waals surface area contributed by atoms with Gasteiger partial charge in [0.05, 0.1) is 5.76 Å². The molecule has 0 amide bonds. The molecule has 0 saturated heterocycles. The minimum Gasteiger partial charge on any atom is -0.546 e. The van der Waals surface area contributed by atoms with Gasteiger partial charge >= 0.3 is 0 Å². The van der Waals surface area contributed by atoms with E-state index in [0.717, 1.165) is 30.1 Å². The van der Waals surface area contributed by atoms with E-state index in [1.807, 2.05) is 18.2 Å². The van der Waals surface area contributed by atoms with Gasteiger partial charge in [0.2, 0.25) is 8.32 Å². The SMILES string of the molecule is CC(C)(C)[Si](C)(C)OC1=C(c2ccc([C@@H](CCO)c3ccccc3)o2)CCCC1. The minimum absolute atomic E-state index is 0.0731. The number of aliphatic hydroxyl groups excluding tert-OH is 1. The normalized spacial score (nSPS) is 16.8. The summed E-state index contributed by atoms with van der Waals surface area (Å²) >= 11 is 0. The maximum atomic E-state index is 9.59. The Kier molecular flexibility index (Phi) is 6.75. The van der Waals surface area contributed by atoms with Gasteiger partial charge in [-0.1, -0.05) is 51.1 Å². The molecule has 1 N–H and O–H groups in total. The maximum absolute atomic E-state index is 9.59. The summed E-state index contributed by atoms with van der Waals surface area (Å²) in [5.74, 6) is 3.07. The van der Waals surface area contributed by atoms with Gasteiger partial charge in [0, 0.05) is 24.5 Å². The van der Waals surface area contributed by atoms with Gasteiger partial charge in [-0.3, -0.25) is 0 Å². The number of furan rings is 1. The highest BCUT2D eigenvalue weighted by Crippen LogP contribution is 2.42. The van der Waals surface area contributed by atoms with Crippen LogP contribution in [0, 0.1) is 0 Å². The van der Waals surface area contributed by atoms with Crippen molar-refractivity contribution < 1.29 is 13.9 Å². The van der Waals surface area contributed by atoms with Gasteiger partial charge in [0.15, 0.2) is 0 Å². The van der Waals surface area contributed by atoms with Crippen molar-refractivity contribution in [2.45, 2.75) is 76.9 Å². The van der Waals surface area contributed by atoms with Gasteiger partial charge in [-0.25, -0.2) is 0 Å². The molecule has 1 aromatic carbocycles. The largest absolute Gasteiger partial charge is 0.546 e. The first kappa shape index (κ1) is 21.9. The standard InChI is InChI=1S/C25H36O3Si/c1-25(2,3)29(4,5)28-24-14-10-9-13-21(24)23-16-15-22(27-23)20(17-18-26)19-11-7-6-8-12-19/h6-8,11-12,15-16,20,26H,9-10,13-14,17-18H2,1-5H3/t20-/m0/s1. The monoisotopic (exact) mass is 412 g/mol. The number of hydrogen-bond acceptors (Lipinski definition) is 3. The summed E-state index contributed by atoms with van der Waals surface area (Å²) in [6.07, 6.45) is 5.01. The van der Waals surface area contributed by atoms with E-state index >= 15 is 0 Å². The van der Waals surface area contributed by atoms with Crippen molar-refractivity contribution in [2.75, 3.05) is 6.61 Å². The van der Waals surface area contributed by atoms with Crippen LogP contribution in [0.25, 0.3) is 5.57 Å². The van der Waals surface area contributed by atoms with E-state index in [4.69, 9.17) is 8.84 Å². The van der Waals surface area contributed by atoms with Gasteiger partial charge in [-0.15, -0.1) is 0 Å². The summed E-state index contributed by atoms with van der Waals surface area (Å²) in [6, 6.07) is 14.5. The van der Waals surface area contributed by atoms with Crippen molar-refractivity contribution >= 4 is 13.9 Å². The molecule has 1 aliphatic rings. The quantitative estimate of drug-likeness (QED) is 0.493. The van der Waals surface area contributed by atoms with Crippen LogP contribution in [0.2, 0.25) is 18.1 Å². The summed E-state index contributed by atoms with van der Waals surface area (Å²) < 4.78 is 13.1. The fourth-order valence-corrected chi connectivity index (χ4v) is 4.85. The molecule has 1 atom stereocenters. The molecular weight excluding hydrogens is 376 g/mol. The third-order valence-electron chi connectivity index (χ3n) is 6.49. The highest BCUT2D eigenvalue weighted by Gasteiger charge is 2.40. The molecule has 0 unspecified atom stereocenters.